The van der Waals surface area contributed by atoms with E-state index in [1.165, 1.54) is 43.8 Å². The van der Waals surface area contributed by atoms with Gasteiger partial charge in [0.25, 0.3) is 0 Å². The standard InChI is InChI=1S/C22H15N2/c1-2-10-20-16(7-1)17-12-11-15-6-5-8-18-19-9-3-4-13-23(19)14-24(20)22(17)21(15)18/h1-13H,14H2/q+1. The zero-order valence-corrected chi connectivity index (χ0v) is 13.1. The van der Waals surface area contributed by atoms with Crippen molar-refractivity contribution in [2.24, 2.45) is 0 Å². The van der Waals surface area contributed by atoms with Crippen molar-refractivity contribution in [2.45, 2.75) is 6.67 Å². The molecule has 112 valence electrons. The van der Waals surface area contributed by atoms with Gasteiger partial charge in [0.05, 0.1) is 16.6 Å². The number of pyridine rings is 1. The highest BCUT2D eigenvalue weighted by Crippen LogP contribution is 2.39. The Morgan fingerprint density at radius 1 is 0.750 bits per heavy atom. The molecule has 2 nitrogen and oxygen atoms in total. The van der Waals surface area contributed by atoms with Crippen LogP contribution in [0.1, 0.15) is 0 Å². The van der Waals surface area contributed by atoms with Crippen LogP contribution in [0.5, 0.6) is 0 Å². The molecule has 0 spiro atoms. The van der Waals surface area contributed by atoms with Crippen LogP contribution < -0.4 is 4.57 Å². The van der Waals surface area contributed by atoms with Crippen LogP contribution in [0.3, 0.4) is 0 Å². The van der Waals surface area contributed by atoms with Gasteiger partial charge >= 0.3 is 0 Å². The van der Waals surface area contributed by atoms with Crippen LogP contribution in [0.25, 0.3) is 43.8 Å². The van der Waals surface area contributed by atoms with Crippen LogP contribution in [-0.4, -0.2) is 4.57 Å². The van der Waals surface area contributed by atoms with E-state index >= 15 is 0 Å². The second-order valence-electron chi connectivity index (χ2n) is 6.51. The van der Waals surface area contributed by atoms with Gasteiger partial charge in [-0.3, -0.25) is 4.57 Å². The highest BCUT2D eigenvalue weighted by atomic mass is 15.2. The van der Waals surface area contributed by atoms with E-state index < -0.39 is 0 Å². The molecule has 0 saturated heterocycles. The van der Waals surface area contributed by atoms with Crippen molar-refractivity contribution in [2.75, 3.05) is 0 Å². The summed E-state index contributed by atoms with van der Waals surface area (Å²) < 4.78 is 4.81. The average molecular weight is 307 g/mol. The largest absolute Gasteiger partial charge is 0.284 e. The maximum absolute atomic E-state index is 2.47. The zero-order valence-electron chi connectivity index (χ0n) is 13.1. The quantitative estimate of drug-likeness (QED) is 0.359. The lowest BCUT2D eigenvalue weighted by Gasteiger charge is -2.04. The van der Waals surface area contributed by atoms with Gasteiger partial charge in [0.15, 0.2) is 6.20 Å². The highest BCUT2D eigenvalue weighted by molar-refractivity contribution is 6.21. The first-order valence-corrected chi connectivity index (χ1v) is 8.33. The van der Waals surface area contributed by atoms with E-state index in [9.17, 15) is 0 Å². The lowest BCUT2D eigenvalue weighted by Crippen LogP contribution is -2.38. The lowest BCUT2D eigenvalue weighted by molar-refractivity contribution is -0.689. The van der Waals surface area contributed by atoms with Crippen LogP contribution >= 0.6 is 0 Å². The van der Waals surface area contributed by atoms with Gasteiger partial charge in [0.1, 0.15) is 0 Å². The van der Waals surface area contributed by atoms with Crippen LogP contribution in [0.4, 0.5) is 0 Å². The Labute approximate surface area is 139 Å². The Bertz CT molecular complexity index is 1280. The van der Waals surface area contributed by atoms with E-state index in [1.54, 1.807) is 0 Å². The van der Waals surface area contributed by atoms with E-state index in [-0.39, 0.29) is 0 Å². The number of hydrogen-bond acceptors (Lipinski definition) is 0. The maximum Gasteiger partial charge on any atom is 0.228 e. The van der Waals surface area contributed by atoms with Crippen molar-refractivity contribution in [1.29, 1.82) is 0 Å². The molecule has 0 unspecified atom stereocenters. The number of fused-ring (bicyclic) bond motifs is 5. The zero-order chi connectivity index (χ0) is 15.7. The van der Waals surface area contributed by atoms with Gasteiger partial charge in [-0.25, -0.2) is 0 Å². The number of benzene rings is 3. The summed E-state index contributed by atoms with van der Waals surface area (Å²) in [4.78, 5) is 0. The molecule has 24 heavy (non-hydrogen) atoms. The molecule has 1 aliphatic rings. The molecule has 3 heterocycles. The molecular weight excluding hydrogens is 292 g/mol. The van der Waals surface area contributed by atoms with Gasteiger partial charge in [-0.05, 0) is 23.6 Å². The molecule has 2 aromatic heterocycles. The van der Waals surface area contributed by atoms with Crippen LogP contribution in [0, 0.1) is 0 Å². The minimum absolute atomic E-state index is 0.841. The first-order valence-electron chi connectivity index (χ1n) is 8.33. The molecule has 0 radical (unpaired) electrons. The molecule has 6 rings (SSSR count). The van der Waals surface area contributed by atoms with Crippen molar-refractivity contribution in [3.63, 3.8) is 0 Å². The third kappa shape index (κ3) is 1.39. The molecule has 0 aliphatic carbocycles. The summed E-state index contributed by atoms with van der Waals surface area (Å²) in [5, 5.41) is 5.35. The number of para-hydroxylation sites is 1. The topological polar surface area (TPSA) is 8.81 Å². The Morgan fingerprint density at radius 2 is 1.67 bits per heavy atom. The summed E-state index contributed by atoms with van der Waals surface area (Å²) in [5.74, 6) is 0. The summed E-state index contributed by atoms with van der Waals surface area (Å²) in [6, 6.07) is 26.4. The second-order valence-corrected chi connectivity index (χ2v) is 6.51. The van der Waals surface area contributed by atoms with Crippen molar-refractivity contribution in [3.05, 3.63) is 79.0 Å². The van der Waals surface area contributed by atoms with E-state index in [0.717, 1.165) is 6.67 Å². The van der Waals surface area contributed by atoms with Crippen LogP contribution in [-0.2, 0) is 6.67 Å². The van der Waals surface area contributed by atoms with Gasteiger partial charge in [-0.15, -0.1) is 0 Å². The molecule has 0 fully saturated rings. The maximum atomic E-state index is 2.47. The van der Waals surface area contributed by atoms with Gasteiger partial charge in [-0.1, -0.05) is 42.5 Å². The third-order valence-electron chi connectivity index (χ3n) is 5.28. The fraction of sp³-hybridized carbons (Fsp3) is 0.0455. The summed E-state index contributed by atoms with van der Waals surface area (Å²) in [6.45, 7) is 0.841. The molecule has 3 aromatic carbocycles. The molecule has 0 amide bonds. The predicted octanol–water partition coefficient (Wildman–Crippen LogP) is 4.72. The molecule has 0 bridgehead atoms. The van der Waals surface area contributed by atoms with Crippen molar-refractivity contribution < 1.29 is 4.57 Å². The summed E-state index contributed by atoms with van der Waals surface area (Å²) >= 11 is 0. The first-order chi connectivity index (χ1) is 11.9. The normalized spacial score (nSPS) is 12.8. The van der Waals surface area contributed by atoms with Gasteiger partial charge in [0, 0.05) is 28.3 Å². The average Bonchev–Trinajstić information content (AvgIpc) is 2.87. The Hall–Kier alpha value is -3.13. The molecule has 0 saturated carbocycles. The summed E-state index contributed by atoms with van der Waals surface area (Å²) in [6.07, 6.45) is 2.18. The molecular formula is C22H15N2+. The van der Waals surface area contributed by atoms with Gasteiger partial charge < -0.3 is 0 Å². The lowest BCUT2D eigenvalue weighted by atomic mass is 9.99. The third-order valence-corrected chi connectivity index (χ3v) is 5.28. The molecule has 0 N–H and O–H groups in total. The number of aromatic nitrogens is 2. The Balaban J connectivity index is 1.98. The Morgan fingerprint density at radius 3 is 2.67 bits per heavy atom. The van der Waals surface area contributed by atoms with E-state index in [1.807, 2.05) is 0 Å². The first kappa shape index (κ1) is 12.3. The molecule has 1 aliphatic heterocycles. The number of rotatable bonds is 0. The fourth-order valence-electron chi connectivity index (χ4n) is 4.27. The molecule has 2 heteroatoms. The highest BCUT2D eigenvalue weighted by Gasteiger charge is 2.24. The number of nitrogens with zero attached hydrogens (tertiary/aromatic N) is 2. The van der Waals surface area contributed by atoms with Crippen molar-refractivity contribution in [3.8, 4) is 11.3 Å². The van der Waals surface area contributed by atoms with E-state index in [0.29, 0.717) is 0 Å². The van der Waals surface area contributed by atoms with E-state index in [4.69, 9.17) is 0 Å². The Kier molecular flexibility index (Phi) is 2.17. The van der Waals surface area contributed by atoms with Crippen molar-refractivity contribution in [1.82, 2.24) is 4.57 Å². The SMILES string of the molecule is c1cc[n+]2c(c1)-c1cccc3ccc4c5ccccc5n(c4c13)C2. The summed E-state index contributed by atoms with van der Waals surface area (Å²) in [7, 11) is 0. The molecule has 5 aromatic rings. The van der Waals surface area contributed by atoms with Gasteiger partial charge in [-0.2, -0.15) is 4.57 Å². The second kappa shape index (κ2) is 4.24. The number of hydrogen-bond donors (Lipinski definition) is 0. The summed E-state index contributed by atoms with van der Waals surface area (Å²) in [5.41, 5.74) is 5.26. The van der Waals surface area contributed by atoms with Crippen LogP contribution in [0.2, 0.25) is 0 Å². The predicted molar refractivity (Wildman–Crippen MR) is 98.0 cm³/mol. The smallest absolute Gasteiger partial charge is 0.228 e. The van der Waals surface area contributed by atoms with Gasteiger partial charge in [0.2, 0.25) is 12.4 Å². The monoisotopic (exact) mass is 307 g/mol. The van der Waals surface area contributed by atoms with E-state index in [2.05, 4.69) is 88.1 Å². The minimum atomic E-state index is 0.841. The fourth-order valence-corrected chi connectivity index (χ4v) is 4.27. The van der Waals surface area contributed by atoms with Crippen molar-refractivity contribution >= 4 is 32.6 Å². The van der Waals surface area contributed by atoms with Crippen LogP contribution in [0.15, 0.2) is 79.0 Å². The molecule has 0 atom stereocenters. The minimum Gasteiger partial charge on any atom is -0.284 e.